The van der Waals surface area contributed by atoms with Gasteiger partial charge in [0.2, 0.25) is 11.7 Å². The number of aryl methyl sites for hydroxylation is 1. The van der Waals surface area contributed by atoms with Crippen LogP contribution in [0.5, 0.6) is 0 Å². The van der Waals surface area contributed by atoms with Gasteiger partial charge in [-0.3, -0.25) is 4.79 Å². The maximum Gasteiger partial charge on any atom is 0.338 e. The molecule has 0 N–H and O–H groups in total. The van der Waals surface area contributed by atoms with Gasteiger partial charge in [-0.1, -0.05) is 41.6 Å². The van der Waals surface area contributed by atoms with Crippen molar-refractivity contribution in [1.82, 2.24) is 15.0 Å². The van der Waals surface area contributed by atoms with Crippen molar-refractivity contribution in [2.75, 3.05) is 20.2 Å². The van der Waals surface area contributed by atoms with Crippen molar-refractivity contribution in [2.24, 2.45) is 5.92 Å². The Morgan fingerprint density at radius 2 is 1.87 bits per heavy atom. The lowest BCUT2D eigenvalue weighted by atomic mass is 9.94. The molecule has 1 fully saturated rings. The predicted molar refractivity (Wildman–Crippen MR) is 115 cm³/mol. The average Bonchev–Trinajstić information content (AvgIpc) is 3.26. The van der Waals surface area contributed by atoms with Crippen molar-refractivity contribution in [3.8, 4) is 11.4 Å². The summed E-state index contributed by atoms with van der Waals surface area (Å²) in [5.41, 5.74) is 2.71. The number of methoxy groups -OCH3 is 1. The highest BCUT2D eigenvalue weighted by atomic mass is 16.5. The number of nitrogens with zero attached hydrogens (tertiary/aromatic N) is 3. The van der Waals surface area contributed by atoms with Crippen molar-refractivity contribution in [3.05, 3.63) is 71.1 Å². The number of ether oxygens (including phenoxy) is 1. The first-order valence-corrected chi connectivity index (χ1v) is 10.4. The van der Waals surface area contributed by atoms with Crippen molar-refractivity contribution >= 4 is 11.9 Å². The first kappa shape index (κ1) is 20.8. The van der Waals surface area contributed by atoms with Gasteiger partial charge in [-0.25, -0.2) is 4.79 Å². The maximum atomic E-state index is 13.1. The fourth-order valence-electron chi connectivity index (χ4n) is 4.06. The number of esters is 1. The van der Waals surface area contributed by atoms with E-state index in [2.05, 4.69) is 10.1 Å². The van der Waals surface area contributed by atoms with E-state index < -0.39 is 5.97 Å². The summed E-state index contributed by atoms with van der Waals surface area (Å²) in [5.74, 6) is 0.716. The van der Waals surface area contributed by atoms with Gasteiger partial charge in [0, 0.05) is 25.1 Å². The molecule has 3 aromatic rings. The molecule has 160 valence electrons. The number of likely N-dealkylation sites (tertiary alicyclic amines) is 1. The Hall–Kier alpha value is -3.48. The Morgan fingerprint density at radius 3 is 2.65 bits per heavy atom. The molecular formula is C24H25N3O4. The minimum Gasteiger partial charge on any atom is -0.465 e. The third-order valence-electron chi connectivity index (χ3n) is 5.69. The van der Waals surface area contributed by atoms with E-state index in [1.165, 1.54) is 7.11 Å². The number of hydrogen-bond acceptors (Lipinski definition) is 6. The van der Waals surface area contributed by atoms with Crippen LogP contribution in [0.15, 0.2) is 53.1 Å². The van der Waals surface area contributed by atoms with E-state index in [9.17, 15) is 9.59 Å². The largest absolute Gasteiger partial charge is 0.465 e. The Kier molecular flexibility index (Phi) is 6.11. The van der Waals surface area contributed by atoms with Crippen LogP contribution < -0.4 is 0 Å². The zero-order valence-corrected chi connectivity index (χ0v) is 17.7. The Bertz CT molecular complexity index is 1090. The molecule has 1 amide bonds. The van der Waals surface area contributed by atoms with Crippen LogP contribution in [-0.4, -0.2) is 47.1 Å². The Labute approximate surface area is 181 Å². The molecule has 1 atom stereocenters. The van der Waals surface area contributed by atoms with Crippen LogP contribution in [0.3, 0.4) is 0 Å². The summed E-state index contributed by atoms with van der Waals surface area (Å²) >= 11 is 0. The van der Waals surface area contributed by atoms with E-state index in [1.807, 2.05) is 31.2 Å². The van der Waals surface area contributed by atoms with Gasteiger partial charge in [0.25, 0.3) is 5.91 Å². The highest BCUT2D eigenvalue weighted by molar-refractivity contribution is 6.05. The molecular weight excluding hydrogens is 394 g/mol. The normalized spacial score (nSPS) is 16.2. The van der Waals surface area contributed by atoms with Crippen LogP contribution in [-0.2, 0) is 11.2 Å². The summed E-state index contributed by atoms with van der Waals surface area (Å²) in [6.07, 6.45) is 2.47. The second-order valence-electron chi connectivity index (χ2n) is 7.83. The molecule has 0 aliphatic carbocycles. The molecule has 0 radical (unpaired) electrons. The quantitative estimate of drug-likeness (QED) is 0.583. The third-order valence-corrected chi connectivity index (χ3v) is 5.69. The Balaban J connectivity index is 1.46. The van der Waals surface area contributed by atoms with E-state index in [0.29, 0.717) is 36.8 Å². The van der Waals surface area contributed by atoms with Gasteiger partial charge in [0.15, 0.2) is 0 Å². The van der Waals surface area contributed by atoms with Crippen LogP contribution in [0.1, 0.15) is 45.0 Å². The summed E-state index contributed by atoms with van der Waals surface area (Å²) < 4.78 is 10.3. The molecule has 7 heteroatoms. The van der Waals surface area contributed by atoms with Crippen molar-refractivity contribution in [2.45, 2.75) is 26.2 Å². The van der Waals surface area contributed by atoms with E-state index in [-0.39, 0.29) is 17.4 Å². The lowest BCUT2D eigenvalue weighted by molar-refractivity contribution is 0.0581. The van der Waals surface area contributed by atoms with Gasteiger partial charge in [-0.05, 0) is 43.4 Å². The second kappa shape index (κ2) is 9.12. The summed E-state index contributed by atoms with van der Waals surface area (Å²) in [6.45, 7) is 3.25. The monoisotopic (exact) mass is 419 g/mol. The zero-order valence-electron chi connectivity index (χ0n) is 17.7. The van der Waals surface area contributed by atoms with Crippen LogP contribution in [0.4, 0.5) is 0 Å². The Morgan fingerprint density at radius 1 is 1.13 bits per heavy atom. The zero-order chi connectivity index (χ0) is 21.8. The molecule has 1 aliphatic heterocycles. The summed E-state index contributed by atoms with van der Waals surface area (Å²) in [6, 6.07) is 14.7. The lowest BCUT2D eigenvalue weighted by Gasteiger charge is -2.32. The molecule has 7 nitrogen and oxygen atoms in total. The fraction of sp³-hybridized carbons (Fsp3) is 0.333. The molecule has 4 rings (SSSR count). The minimum absolute atomic E-state index is 0.156. The molecule has 31 heavy (non-hydrogen) atoms. The average molecular weight is 419 g/mol. The number of piperidine rings is 1. The van der Waals surface area contributed by atoms with Crippen molar-refractivity contribution in [3.63, 3.8) is 0 Å². The number of carbonyl (C=O) groups excluding carboxylic acids is 2. The highest BCUT2D eigenvalue weighted by Gasteiger charge is 2.28. The van der Waals surface area contributed by atoms with Crippen molar-refractivity contribution < 1.29 is 18.8 Å². The molecule has 0 saturated carbocycles. The topological polar surface area (TPSA) is 85.5 Å². The number of aromatic nitrogens is 2. The first-order chi connectivity index (χ1) is 15.1. The lowest BCUT2D eigenvalue weighted by Crippen LogP contribution is -2.41. The van der Waals surface area contributed by atoms with Crippen LogP contribution >= 0.6 is 0 Å². The number of benzene rings is 2. The van der Waals surface area contributed by atoms with Gasteiger partial charge in [0.05, 0.1) is 18.2 Å². The van der Waals surface area contributed by atoms with E-state index >= 15 is 0 Å². The molecule has 1 unspecified atom stereocenters. The molecule has 0 spiro atoms. The van der Waals surface area contributed by atoms with Gasteiger partial charge in [-0.2, -0.15) is 4.98 Å². The van der Waals surface area contributed by atoms with Crippen LogP contribution in [0, 0.1) is 12.8 Å². The first-order valence-electron chi connectivity index (χ1n) is 10.4. The molecule has 2 heterocycles. The summed E-state index contributed by atoms with van der Waals surface area (Å²) in [5, 5.41) is 4.14. The molecule has 1 aliphatic rings. The van der Waals surface area contributed by atoms with E-state index in [4.69, 9.17) is 9.26 Å². The van der Waals surface area contributed by atoms with Gasteiger partial charge < -0.3 is 14.2 Å². The smallest absolute Gasteiger partial charge is 0.338 e. The maximum absolute atomic E-state index is 13.1. The number of hydrogen-bond donors (Lipinski definition) is 0. The van der Waals surface area contributed by atoms with E-state index in [1.54, 1.807) is 29.2 Å². The second-order valence-corrected chi connectivity index (χ2v) is 7.83. The number of carbonyl (C=O) groups is 2. The molecule has 1 aromatic heterocycles. The molecule has 2 aromatic carbocycles. The van der Waals surface area contributed by atoms with Crippen LogP contribution in [0.25, 0.3) is 11.4 Å². The number of amides is 1. The fourth-order valence-corrected chi connectivity index (χ4v) is 4.06. The summed E-state index contributed by atoms with van der Waals surface area (Å²) in [7, 11) is 1.32. The van der Waals surface area contributed by atoms with Crippen molar-refractivity contribution in [1.29, 1.82) is 0 Å². The van der Waals surface area contributed by atoms with E-state index in [0.717, 1.165) is 24.0 Å². The van der Waals surface area contributed by atoms with Crippen LogP contribution in [0.2, 0.25) is 0 Å². The summed E-state index contributed by atoms with van der Waals surface area (Å²) in [4.78, 5) is 31.6. The van der Waals surface area contributed by atoms with Gasteiger partial charge in [-0.15, -0.1) is 0 Å². The molecule has 0 bridgehead atoms. The molecule has 1 saturated heterocycles. The highest BCUT2D eigenvalue weighted by Crippen LogP contribution is 2.25. The number of rotatable bonds is 5. The minimum atomic E-state index is -0.507. The van der Waals surface area contributed by atoms with Gasteiger partial charge in [0.1, 0.15) is 0 Å². The SMILES string of the molecule is COC(=O)c1ccccc1C(=O)N1CCCC(Cc2nc(-c3ccccc3C)no2)C1. The third kappa shape index (κ3) is 4.50. The predicted octanol–water partition coefficient (Wildman–Crippen LogP) is 3.93. The standard InChI is InChI=1S/C24H25N3O4/c1-16-8-3-4-10-18(16)22-25-21(31-26-22)14-17-9-7-13-27(15-17)23(28)19-11-5-6-12-20(19)24(29)30-2/h3-6,8,10-12,17H,7,9,13-15H2,1-2H3. The van der Waals surface area contributed by atoms with Gasteiger partial charge >= 0.3 is 5.97 Å².